The van der Waals surface area contributed by atoms with E-state index in [1.807, 2.05) is 6.20 Å². The molecule has 125 heavy (non-hydrogen) atoms. The number of aromatic nitrogens is 15. The molecule has 0 atom stereocenters. The Morgan fingerprint density at radius 2 is 0.416 bits per heavy atom. The minimum Gasteiger partial charge on any atom is -0.285 e. The molecule has 0 spiro atoms. The average Bonchev–Trinajstić information content (AvgIpc) is 1.57. The first-order valence-electron chi connectivity index (χ1n) is 45.6. The van der Waals surface area contributed by atoms with Gasteiger partial charge in [-0.1, -0.05) is 199 Å². The average molecular weight is 1640 g/mol. The van der Waals surface area contributed by atoms with Crippen LogP contribution in [0.3, 0.4) is 0 Å². The van der Waals surface area contributed by atoms with Crippen molar-refractivity contribution in [3.05, 3.63) is 267 Å². The van der Waals surface area contributed by atoms with E-state index in [0.717, 1.165) is 38.2 Å². The zero-order valence-electron chi connectivity index (χ0n) is 77.1. The van der Waals surface area contributed by atoms with Gasteiger partial charge in [-0.05, 0) is 30.3 Å². The van der Waals surface area contributed by atoms with Crippen LogP contribution in [-0.4, -0.2) is 30.0 Å². The maximum absolute atomic E-state index is 6.40. The van der Waals surface area contributed by atoms with Gasteiger partial charge in [-0.25, -0.2) is 41.1 Å². The van der Waals surface area contributed by atoms with E-state index in [0.29, 0.717) is 0 Å². The first-order valence-corrected chi connectivity index (χ1v) is 45.6. The van der Waals surface area contributed by atoms with Crippen LogP contribution in [0.5, 0.6) is 0 Å². The summed E-state index contributed by atoms with van der Waals surface area (Å²) in [7, 11) is 15.1. The Bertz CT molecular complexity index is 7540. The maximum Gasteiger partial charge on any atom is 0.586 e. The highest BCUT2D eigenvalue weighted by molar-refractivity contribution is 6.16. The van der Waals surface area contributed by atoms with E-state index < -0.39 is 0 Å². The predicted octanol–water partition coefficient (Wildman–Crippen LogP) is 15.8. The normalized spacial score (nSPS) is 19.1. The zero-order valence-corrected chi connectivity index (χ0v) is 77.1. The molecule has 0 saturated carbocycles. The summed E-state index contributed by atoms with van der Waals surface area (Å²) >= 11 is 0. The molecule has 0 fully saturated rings. The van der Waals surface area contributed by atoms with Crippen LogP contribution < -0.4 is 45.6 Å². The standard InChI is InChI=1S/4C22H23N3.C21H20BN3/c4*1-21(2)15-8-6-7-14-18(15)25-16(22(21,3)4)12-24-11-13-9-10-23(5)19(14)17(13)20(24)25;1-20(2)14-7-5-6-13-17(14)25-15(21(20,3)4)11-23-10-12-8-9-24(22)18(13)16(12)19(23)25/h4*6-10,12H,11H2,1-5H3;5-9,11H,10H2,1-4H3/q5*+2. The third-order valence-corrected chi connectivity index (χ3v) is 36.7. The lowest BCUT2D eigenvalue weighted by molar-refractivity contribution is -0.657. The van der Waals surface area contributed by atoms with E-state index in [4.69, 9.17) is 7.98 Å². The number of rotatable bonds is 0. The Morgan fingerprint density at radius 1 is 0.232 bits per heavy atom. The molecule has 0 bridgehead atoms. The van der Waals surface area contributed by atoms with Crippen molar-refractivity contribution in [1.29, 1.82) is 0 Å². The van der Waals surface area contributed by atoms with Crippen LogP contribution in [0.1, 0.15) is 223 Å². The summed E-state index contributed by atoms with van der Waals surface area (Å²) in [5.74, 6) is 0. The van der Waals surface area contributed by atoms with Gasteiger partial charge in [-0.2, -0.15) is 22.0 Å². The van der Waals surface area contributed by atoms with Gasteiger partial charge in [-0.3, -0.25) is 4.48 Å². The Hall–Kier alpha value is -12.0. The molecule has 0 amide bonds. The zero-order chi connectivity index (χ0) is 86.5. The van der Waals surface area contributed by atoms with Gasteiger partial charge in [0.05, 0.1) is 26.9 Å². The van der Waals surface area contributed by atoms with Crippen molar-refractivity contribution in [2.24, 2.45) is 28.2 Å². The molecule has 0 N–H and O–H groups in total. The third-order valence-electron chi connectivity index (χ3n) is 36.7. The molecule has 0 unspecified atom stereocenters. The van der Waals surface area contributed by atoms with Gasteiger partial charge in [0.1, 0.15) is 125 Å². The number of para-hydroxylation sites is 5. The predicted molar refractivity (Wildman–Crippen MR) is 495 cm³/mol. The van der Waals surface area contributed by atoms with Gasteiger partial charge >= 0.3 is 36.2 Å². The fourth-order valence-corrected chi connectivity index (χ4v) is 26.2. The summed E-state index contributed by atoms with van der Waals surface area (Å²) in [6.07, 6.45) is 22.9. The highest BCUT2D eigenvalue weighted by Crippen LogP contribution is 2.58. The van der Waals surface area contributed by atoms with Gasteiger partial charge in [-0.15, -0.1) is 0 Å². The summed E-state index contributed by atoms with van der Waals surface area (Å²) in [5.41, 5.74) is 42.6. The number of fused-ring (bicyclic) bond motifs is 5. The lowest BCUT2D eigenvalue weighted by atomic mass is 9.61. The van der Waals surface area contributed by atoms with E-state index in [9.17, 15) is 0 Å². The quantitative estimate of drug-likeness (QED) is 0.0825. The monoisotopic (exact) mass is 1640 g/mol. The lowest BCUT2D eigenvalue weighted by Gasteiger charge is -2.42. The van der Waals surface area contributed by atoms with E-state index in [-0.39, 0.29) is 54.1 Å². The van der Waals surface area contributed by atoms with E-state index in [2.05, 4.69) is 407 Å². The number of imidazole rings is 5. The van der Waals surface area contributed by atoms with Crippen molar-refractivity contribution in [3.63, 3.8) is 0 Å². The molecule has 15 aromatic heterocycles. The Balaban J connectivity index is 0.0000000833. The molecule has 16 heteroatoms. The minimum absolute atomic E-state index is 0.0372. The molecular formula is C109H112BN15+10. The second kappa shape index (κ2) is 22.4. The topological polar surface area (TPSA) is 60.9 Å². The van der Waals surface area contributed by atoms with Gasteiger partial charge in [0, 0.05) is 140 Å². The summed E-state index contributed by atoms with van der Waals surface area (Å²) in [5, 5.41) is 13.8. The number of nitrogens with zero attached hydrogens (tertiary/aromatic N) is 15. The smallest absolute Gasteiger partial charge is 0.285 e. The summed E-state index contributed by atoms with van der Waals surface area (Å²) in [6.45, 7) is 52.8. The van der Waals surface area contributed by atoms with Crippen LogP contribution in [0.4, 0.5) is 0 Å². The van der Waals surface area contributed by atoms with Crippen molar-refractivity contribution in [3.8, 4) is 0 Å². The van der Waals surface area contributed by atoms with Crippen molar-refractivity contribution in [2.75, 3.05) is 0 Å². The Kier molecular flexibility index (Phi) is 13.3. The fraction of sp³-hybridized carbons (Fsp3) is 0.358. The molecule has 0 saturated heterocycles. The molecule has 2 radical (unpaired) electrons. The highest BCUT2D eigenvalue weighted by atomic mass is 15.2. The second-order valence-electron chi connectivity index (χ2n) is 44.4. The molecule has 0 aliphatic carbocycles. The number of hydrogen-bond donors (Lipinski definition) is 0. The molecule has 5 aromatic carbocycles. The van der Waals surface area contributed by atoms with Crippen molar-refractivity contribution >= 4 is 145 Å². The summed E-state index contributed by atoms with van der Waals surface area (Å²) in [6, 6.07) is 45.5. The van der Waals surface area contributed by atoms with Gasteiger partial charge in [0.15, 0.2) is 80.8 Å². The van der Waals surface area contributed by atoms with Crippen LogP contribution >= 0.6 is 0 Å². The first-order chi connectivity index (χ1) is 59.2. The van der Waals surface area contributed by atoms with Gasteiger partial charge < -0.3 is 0 Å². The summed E-state index contributed by atoms with van der Waals surface area (Å²) in [4.78, 5) is 0. The van der Waals surface area contributed by atoms with E-state index in [1.165, 1.54) is 216 Å². The molecule has 10 aliphatic rings. The second-order valence-corrected chi connectivity index (χ2v) is 44.4. The summed E-state index contributed by atoms with van der Waals surface area (Å²) < 4.78 is 36.0. The fourth-order valence-electron chi connectivity index (χ4n) is 26.2. The van der Waals surface area contributed by atoms with E-state index >= 15 is 0 Å². The van der Waals surface area contributed by atoms with Crippen molar-refractivity contribution in [1.82, 2.24) is 22.0 Å². The molecule has 10 aliphatic heterocycles. The molecule has 616 valence electrons. The number of benzene rings is 5. The molecule has 25 heterocycles. The third kappa shape index (κ3) is 8.13. The van der Waals surface area contributed by atoms with E-state index in [1.54, 1.807) is 4.48 Å². The molecule has 15 nitrogen and oxygen atoms in total. The van der Waals surface area contributed by atoms with Crippen LogP contribution in [0, 0.1) is 0 Å². The lowest BCUT2D eigenvalue weighted by Crippen LogP contribution is -2.44. The SMILES string of the molecule is C[n+]1ccc2c3c1c1cccc4c1n1c(c[n+](c31)C2)C(C)(C)C4(C)C.C[n+]1ccc2c3c1c1cccc4c1n1c(c[n+](c31)C2)C(C)(C)C4(C)C.C[n+]1ccc2c3c1c1cccc4c1n1c(c[n+](c31)C2)C(C)(C)C4(C)C.C[n+]1ccc2c3c1c1cccc4c1n1c(c[n+](c31)C2)C(C)(C)C4(C)C.[B][n+]1ccc2c3c1c1cccc4c1n1c(c[n+](c31)C2)C(C)(C)C4(C)C. The highest BCUT2D eigenvalue weighted by Gasteiger charge is 2.59. The van der Waals surface area contributed by atoms with Crippen molar-refractivity contribution < 1.29 is 45.6 Å². The van der Waals surface area contributed by atoms with Crippen molar-refractivity contribution in [2.45, 2.75) is 225 Å². The van der Waals surface area contributed by atoms with Gasteiger partial charge in [0.25, 0.3) is 0 Å². The number of pyridine rings is 10. The minimum atomic E-state index is 0.0372. The molecule has 30 rings (SSSR count). The largest absolute Gasteiger partial charge is 0.586 e. The van der Waals surface area contributed by atoms with Crippen LogP contribution in [-0.2, 0) is 115 Å². The Morgan fingerprint density at radius 3 is 0.624 bits per heavy atom. The molecular weight excluding hydrogens is 1530 g/mol. The van der Waals surface area contributed by atoms with Crippen LogP contribution in [0.2, 0.25) is 0 Å². The van der Waals surface area contributed by atoms with Crippen LogP contribution in [0.25, 0.3) is 137 Å². The van der Waals surface area contributed by atoms with Crippen LogP contribution in [0.15, 0.2) is 183 Å². The Labute approximate surface area is 729 Å². The first kappa shape index (κ1) is 74.4. The molecule has 20 aromatic rings. The maximum atomic E-state index is 6.40. The number of hydrogen-bond acceptors (Lipinski definition) is 0. The van der Waals surface area contributed by atoms with Gasteiger partial charge in [0.2, 0.25) is 27.6 Å². The number of aryl methyl sites for hydroxylation is 4.